The van der Waals surface area contributed by atoms with Crippen LogP contribution in [0.5, 0.6) is 0 Å². The highest BCUT2D eigenvalue weighted by molar-refractivity contribution is 6.28. The average Bonchev–Trinajstić information content (AvgIpc) is 1.95. The molecule has 0 N–H and O–H groups in total. The summed E-state index contributed by atoms with van der Waals surface area (Å²) in [4.78, 5) is 11.5. The smallest absolute Gasteiger partial charge is 0.222 e. The van der Waals surface area contributed by atoms with E-state index in [-0.39, 0.29) is 5.28 Å². The summed E-state index contributed by atoms with van der Waals surface area (Å²) in [5.74, 6) is 0. The van der Waals surface area contributed by atoms with Crippen LogP contribution in [0.15, 0.2) is 11.2 Å². The summed E-state index contributed by atoms with van der Waals surface area (Å²) in [7, 11) is 0. The van der Waals surface area contributed by atoms with Gasteiger partial charge in [0.05, 0.1) is 6.54 Å². The van der Waals surface area contributed by atoms with E-state index < -0.39 is 0 Å². The van der Waals surface area contributed by atoms with E-state index >= 15 is 0 Å². The lowest BCUT2D eigenvalue weighted by Crippen LogP contribution is -1.93. The van der Waals surface area contributed by atoms with E-state index in [1.54, 1.807) is 6.20 Å². The minimum atomic E-state index is 0.273. The van der Waals surface area contributed by atoms with Gasteiger partial charge in [0.25, 0.3) is 0 Å². The fourth-order valence-corrected chi connectivity index (χ4v) is 0.915. The van der Waals surface area contributed by atoms with Crippen molar-refractivity contribution in [3.8, 4) is 0 Å². The number of aryl methyl sites for hydroxylation is 1. The molecule has 0 saturated heterocycles. The molecule has 0 fully saturated rings. The van der Waals surface area contributed by atoms with Gasteiger partial charge in [0.1, 0.15) is 0 Å². The second-order valence-electron chi connectivity index (χ2n) is 2.13. The molecule has 0 spiro atoms. The second kappa shape index (κ2) is 3.44. The molecule has 0 aliphatic rings. The van der Waals surface area contributed by atoms with Crippen molar-refractivity contribution in [2.45, 2.75) is 13.5 Å². The lowest BCUT2D eigenvalue weighted by Gasteiger charge is -1.99. The number of aromatic nitrogens is 2. The van der Waals surface area contributed by atoms with Crippen LogP contribution in [0, 0.1) is 6.92 Å². The van der Waals surface area contributed by atoms with Crippen molar-refractivity contribution in [1.82, 2.24) is 9.97 Å². The lowest BCUT2D eigenvalue weighted by molar-refractivity contribution is 0.974. The van der Waals surface area contributed by atoms with Crippen LogP contribution in [0.25, 0.3) is 0 Å². The van der Waals surface area contributed by atoms with E-state index in [1.165, 1.54) is 0 Å². The summed E-state index contributed by atoms with van der Waals surface area (Å²) in [5, 5.41) is 0.273. The SMILES string of the molecule is C=NCc1cnc(Cl)nc1C. The van der Waals surface area contributed by atoms with E-state index in [2.05, 4.69) is 21.7 Å². The lowest BCUT2D eigenvalue weighted by atomic mass is 10.2. The fraction of sp³-hybridized carbons (Fsp3) is 0.286. The number of rotatable bonds is 2. The molecule has 0 aliphatic carbocycles. The van der Waals surface area contributed by atoms with E-state index in [1.807, 2.05) is 6.92 Å². The zero-order valence-corrected chi connectivity index (χ0v) is 6.97. The topological polar surface area (TPSA) is 38.1 Å². The number of halogens is 1. The van der Waals surface area contributed by atoms with E-state index in [4.69, 9.17) is 11.6 Å². The Labute approximate surface area is 70.2 Å². The van der Waals surface area contributed by atoms with Gasteiger partial charge in [0.2, 0.25) is 5.28 Å². The highest BCUT2D eigenvalue weighted by Gasteiger charge is 1.98. The minimum absolute atomic E-state index is 0.273. The van der Waals surface area contributed by atoms with Gasteiger partial charge in [0.15, 0.2) is 0 Å². The van der Waals surface area contributed by atoms with Gasteiger partial charge in [-0.1, -0.05) is 0 Å². The van der Waals surface area contributed by atoms with E-state index in [0.29, 0.717) is 6.54 Å². The first-order valence-electron chi connectivity index (χ1n) is 3.14. The zero-order valence-electron chi connectivity index (χ0n) is 6.21. The molecule has 0 amide bonds. The summed E-state index contributed by atoms with van der Waals surface area (Å²) in [6.45, 7) is 5.79. The molecular formula is C7H8ClN3. The van der Waals surface area contributed by atoms with Crippen molar-refractivity contribution in [3.63, 3.8) is 0 Å². The van der Waals surface area contributed by atoms with Crippen LogP contribution >= 0.6 is 11.6 Å². The van der Waals surface area contributed by atoms with Gasteiger partial charge in [-0.3, -0.25) is 4.99 Å². The van der Waals surface area contributed by atoms with Gasteiger partial charge in [0, 0.05) is 17.5 Å². The molecule has 3 nitrogen and oxygen atoms in total. The molecule has 1 aromatic rings. The summed E-state index contributed by atoms with van der Waals surface area (Å²) in [5.41, 5.74) is 1.82. The first-order valence-corrected chi connectivity index (χ1v) is 3.52. The highest BCUT2D eigenvalue weighted by atomic mass is 35.5. The largest absolute Gasteiger partial charge is 0.296 e. The number of nitrogens with zero attached hydrogens (tertiary/aromatic N) is 3. The number of hydrogen-bond acceptors (Lipinski definition) is 3. The molecule has 1 aromatic heterocycles. The third-order valence-electron chi connectivity index (χ3n) is 1.33. The Morgan fingerprint density at radius 2 is 2.45 bits per heavy atom. The van der Waals surface area contributed by atoms with Gasteiger partial charge < -0.3 is 0 Å². The summed E-state index contributed by atoms with van der Waals surface area (Å²) < 4.78 is 0. The summed E-state index contributed by atoms with van der Waals surface area (Å²) in [6.07, 6.45) is 1.67. The Balaban J connectivity index is 2.98. The molecule has 0 aromatic carbocycles. The third kappa shape index (κ3) is 1.98. The van der Waals surface area contributed by atoms with Crippen LogP contribution in [0.1, 0.15) is 11.3 Å². The standard InChI is InChI=1S/C7H8ClN3/c1-5-6(3-9-2)4-10-7(8)11-5/h4H,2-3H2,1H3. The maximum absolute atomic E-state index is 5.55. The number of aliphatic imine (C=N–C) groups is 1. The van der Waals surface area contributed by atoms with Crippen molar-refractivity contribution in [2.75, 3.05) is 0 Å². The van der Waals surface area contributed by atoms with Crippen LogP contribution in [0.3, 0.4) is 0 Å². The molecule has 0 saturated carbocycles. The first-order chi connectivity index (χ1) is 5.24. The molecular weight excluding hydrogens is 162 g/mol. The van der Waals surface area contributed by atoms with Gasteiger partial charge in [-0.25, -0.2) is 9.97 Å². The Morgan fingerprint density at radius 1 is 1.73 bits per heavy atom. The maximum atomic E-state index is 5.55. The predicted octanol–water partition coefficient (Wildman–Crippen LogP) is 1.64. The Morgan fingerprint density at radius 3 is 3.00 bits per heavy atom. The highest BCUT2D eigenvalue weighted by Crippen LogP contribution is 2.07. The van der Waals surface area contributed by atoms with Crippen molar-refractivity contribution >= 4 is 18.3 Å². The quantitative estimate of drug-likeness (QED) is 0.499. The van der Waals surface area contributed by atoms with Crippen LogP contribution in [-0.4, -0.2) is 16.7 Å². The fourth-order valence-electron chi connectivity index (χ4n) is 0.739. The molecule has 0 aliphatic heterocycles. The molecule has 0 radical (unpaired) electrons. The molecule has 11 heavy (non-hydrogen) atoms. The molecule has 4 heteroatoms. The van der Waals surface area contributed by atoms with Crippen molar-refractivity contribution < 1.29 is 0 Å². The van der Waals surface area contributed by atoms with Crippen molar-refractivity contribution in [3.05, 3.63) is 22.7 Å². The minimum Gasteiger partial charge on any atom is -0.296 e. The van der Waals surface area contributed by atoms with Gasteiger partial charge in [-0.2, -0.15) is 0 Å². The van der Waals surface area contributed by atoms with Crippen molar-refractivity contribution in [1.29, 1.82) is 0 Å². The average molecular weight is 170 g/mol. The van der Waals surface area contributed by atoms with Crippen molar-refractivity contribution in [2.24, 2.45) is 4.99 Å². The van der Waals surface area contributed by atoms with Crippen LogP contribution in [-0.2, 0) is 6.54 Å². The van der Waals surface area contributed by atoms with Crippen LogP contribution in [0.4, 0.5) is 0 Å². The predicted molar refractivity (Wildman–Crippen MR) is 45.0 cm³/mol. The second-order valence-corrected chi connectivity index (χ2v) is 2.47. The Kier molecular flexibility index (Phi) is 2.54. The Bertz CT molecular complexity index is 272. The molecule has 0 unspecified atom stereocenters. The molecule has 1 heterocycles. The van der Waals surface area contributed by atoms with E-state index in [0.717, 1.165) is 11.3 Å². The summed E-state index contributed by atoms with van der Waals surface area (Å²) >= 11 is 5.55. The maximum Gasteiger partial charge on any atom is 0.222 e. The van der Waals surface area contributed by atoms with Crippen LogP contribution in [0.2, 0.25) is 5.28 Å². The molecule has 0 bridgehead atoms. The van der Waals surface area contributed by atoms with E-state index in [9.17, 15) is 0 Å². The van der Waals surface area contributed by atoms with Gasteiger partial charge >= 0.3 is 0 Å². The van der Waals surface area contributed by atoms with Gasteiger partial charge in [-0.05, 0) is 25.2 Å². The molecule has 1 rings (SSSR count). The first kappa shape index (κ1) is 8.14. The number of hydrogen-bond donors (Lipinski definition) is 0. The Hall–Kier alpha value is -0.960. The normalized spacial score (nSPS) is 9.64. The molecule has 58 valence electrons. The third-order valence-corrected chi connectivity index (χ3v) is 1.52. The zero-order chi connectivity index (χ0) is 8.27. The van der Waals surface area contributed by atoms with Crippen LogP contribution < -0.4 is 0 Å². The molecule has 0 atom stereocenters. The monoisotopic (exact) mass is 169 g/mol. The summed E-state index contributed by atoms with van der Waals surface area (Å²) in [6, 6.07) is 0. The van der Waals surface area contributed by atoms with Gasteiger partial charge in [-0.15, -0.1) is 0 Å².